The molecule has 0 saturated heterocycles. The van der Waals surface area contributed by atoms with Crippen LogP contribution < -0.4 is 0 Å². The van der Waals surface area contributed by atoms with Gasteiger partial charge in [-0.15, -0.1) is 0 Å². The highest BCUT2D eigenvalue weighted by molar-refractivity contribution is 7.98. The van der Waals surface area contributed by atoms with Gasteiger partial charge in [0.05, 0.1) is 5.92 Å². The number of ether oxygens (including phenoxy) is 2. The Bertz CT molecular complexity index is 442. The Morgan fingerprint density at radius 3 is 2.21 bits per heavy atom. The standard InChI is InChI=1S/C13H16O5S/c1-17-13(16,18-2)10(8-11(14)12(15)19)9-6-4-3-5-7-9/h3-7,10,16H,8H2,1-2H3,(H,15,19). The molecule has 0 heterocycles. The molecule has 0 amide bonds. The van der Waals surface area contributed by atoms with E-state index >= 15 is 0 Å². The summed E-state index contributed by atoms with van der Waals surface area (Å²) in [4.78, 5) is 22.5. The lowest BCUT2D eigenvalue weighted by molar-refractivity contribution is -0.352. The molecule has 0 bridgehead atoms. The molecule has 1 N–H and O–H groups in total. The van der Waals surface area contributed by atoms with Crippen LogP contribution in [0.1, 0.15) is 17.9 Å². The van der Waals surface area contributed by atoms with E-state index in [4.69, 9.17) is 9.47 Å². The number of benzene rings is 1. The molecule has 0 fully saturated rings. The summed E-state index contributed by atoms with van der Waals surface area (Å²) in [6.07, 6.45) is -0.259. The maximum atomic E-state index is 11.6. The Morgan fingerprint density at radius 2 is 1.79 bits per heavy atom. The van der Waals surface area contributed by atoms with Gasteiger partial charge in [-0.25, -0.2) is 0 Å². The highest BCUT2D eigenvalue weighted by Crippen LogP contribution is 2.33. The van der Waals surface area contributed by atoms with Crippen LogP contribution in [0.5, 0.6) is 0 Å². The highest BCUT2D eigenvalue weighted by Gasteiger charge is 2.40. The van der Waals surface area contributed by atoms with E-state index in [0.717, 1.165) is 0 Å². The molecular weight excluding hydrogens is 268 g/mol. The van der Waals surface area contributed by atoms with Crippen LogP contribution in [0.4, 0.5) is 0 Å². The van der Waals surface area contributed by atoms with Crippen molar-refractivity contribution in [2.24, 2.45) is 0 Å². The maximum Gasteiger partial charge on any atom is 0.287 e. The summed E-state index contributed by atoms with van der Waals surface area (Å²) in [5, 5.41) is 9.37. The second-order valence-corrected chi connectivity index (χ2v) is 4.34. The van der Waals surface area contributed by atoms with Crippen molar-refractivity contribution >= 4 is 23.5 Å². The molecule has 0 radical (unpaired) electrons. The number of carbonyl (C=O) groups is 2. The fraction of sp³-hybridized carbons (Fsp3) is 0.385. The van der Waals surface area contributed by atoms with Gasteiger partial charge in [0.1, 0.15) is 0 Å². The lowest BCUT2D eigenvalue weighted by atomic mass is 9.91. The largest absolute Gasteiger partial charge is 0.343 e. The van der Waals surface area contributed by atoms with Crippen LogP contribution in [0.25, 0.3) is 0 Å². The molecule has 5 nitrogen and oxygen atoms in total. The summed E-state index contributed by atoms with van der Waals surface area (Å²) in [7, 11) is 2.51. The first-order valence-corrected chi connectivity index (χ1v) is 6.03. The zero-order valence-electron chi connectivity index (χ0n) is 10.7. The number of carbonyl (C=O) groups excluding carboxylic acids is 2. The molecule has 0 aliphatic carbocycles. The van der Waals surface area contributed by atoms with E-state index < -0.39 is 22.8 Å². The quantitative estimate of drug-likeness (QED) is 0.446. The first-order valence-electron chi connectivity index (χ1n) is 5.58. The minimum absolute atomic E-state index is 0.259. The van der Waals surface area contributed by atoms with Crippen LogP contribution in [0.15, 0.2) is 30.3 Å². The third-order valence-corrected chi connectivity index (χ3v) is 3.10. The van der Waals surface area contributed by atoms with Gasteiger partial charge in [-0.05, 0) is 5.56 Å². The highest BCUT2D eigenvalue weighted by atomic mass is 32.1. The van der Waals surface area contributed by atoms with Crippen molar-refractivity contribution in [3.05, 3.63) is 35.9 Å². The smallest absolute Gasteiger partial charge is 0.287 e. The van der Waals surface area contributed by atoms with Gasteiger partial charge in [-0.2, -0.15) is 0 Å². The predicted molar refractivity (Wildman–Crippen MR) is 71.8 cm³/mol. The van der Waals surface area contributed by atoms with Gasteiger partial charge in [0.2, 0.25) is 5.78 Å². The van der Waals surface area contributed by atoms with Gasteiger partial charge in [0, 0.05) is 20.6 Å². The molecule has 1 aromatic rings. The molecule has 1 rings (SSSR count). The van der Waals surface area contributed by atoms with Crippen molar-refractivity contribution < 1.29 is 24.2 Å². The van der Waals surface area contributed by atoms with E-state index in [-0.39, 0.29) is 6.42 Å². The van der Waals surface area contributed by atoms with Gasteiger partial charge in [-0.1, -0.05) is 43.0 Å². The number of aliphatic hydroxyl groups is 1. The van der Waals surface area contributed by atoms with Crippen LogP contribution >= 0.6 is 12.6 Å². The van der Waals surface area contributed by atoms with Gasteiger partial charge in [0.25, 0.3) is 11.1 Å². The average molecular weight is 284 g/mol. The number of Topliss-reactive ketones (excluding diaryl/α,β-unsaturated/α-hetero) is 1. The van der Waals surface area contributed by atoms with Crippen LogP contribution in [0.3, 0.4) is 0 Å². The Hall–Kier alpha value is -1.21. The summed E-state index contributed by atoms with van der Waals surface area (Å²) in [5.41, 5.74) is 0.622. The summed E-state index contributed by atoms with van der Waals surface area (Å²) >= 11 is 3.48. The van der Waals surface area contributed by atoms with Crippen LogP contribution in [-0.4, -0.2) is 36.2 Å². The van der Waals surface area contributed by atoms with E-state index in [2.05, 4.69) is 12.6 Å². The van der Waals surface area contributed by atoms with Crippen molar-refractivity contribution in [1.29, 1.82) is 0 Å². The SMILES string of the molecule is COC(O)(OC)C(CC(=O)C(=O)S)c1ccccc1. The monoisotopic (exact) mass is 284 g/mol. The van der Waals surface area contributed by atoms with Crippen molar-refractivity contribution in [1.82, 2.24) is 0 Å². The zero-order chi connectivity index (χ0) is 14.5. The first kappa shape index (κ1) is 15.8. The second-order valence-electron chi connectivity index (χ2n) is 3.93. The lowest BCUT2D eigenvalue weighted by Crippen LogP contribution is -2.41. The number of hydrogen-bond acceptors (Lipinski definition) is 5. The third-order valence-electron chi connectivity index (χ3n) is 2.86. The van der Waals surface area contributed by atoms with Gasteiger partial charge < -0.3 is 14.6 Å². The number of thiol groups is 1. The Kier molecular flexibility index (Phi) is 5.68. The Balaban J connectivity index is 3.11. The maximum absolute atomic E-state index is 11.6. The van der Waals surface area contributed by atoms with Crippen molar-refractivity contribution in [2.75, 3.05) is 14.2 Å². The number of rotatable bonds is 7. The number of methoxy groups -OCH3 is 2. The molecule has 0 saturated carbocycles. The minimum atomic E-state index is -1.99. The van der Waals surface area contributed by atoms with E-state index in [9.17, 15) is 14.7 Å². The zero-order valence-corrected chi connectivity index (χ0v) is 11.6. The molecule has 0 aliphatic heterocycles. The fourth-order valence-corrected chi connectivity index (χ4v) is 1.87. The fourth-order valence-electron chi connectivity index (χ4n) is 1.78. The molecule has 1 unspecified atom stereocenters. The third kappa shape index (κ3) is 3.87. The van der Waals surface area contributed by atoms with Gasteiger partial charge in [0.15, 0.2) is 0 Å². The first-order chi connectivity index (χ1) is 8.94. The molecule has 1 atom stereocenters. The number of hydrogen-bond donors (Lipinski definition) is 2. The summed E-state index contributed by atoms with van der Waals surface area (Å²) in [6.45, 7) is 0. The average Bonchev–Trinajstić information content (AvgIpc) is 2.44. The summed E-state index contributed by atoms with van der Waals surface area (Å²) in [6, 6.07) is 8.72. The molecule has 1 aromatic carbocycles. The molecular formula is C13H16O5S. The molecule has 0 spiro atoms. The summed E-state index contributed by atoms with van der Waals surface area (Å²) < 4.78 is 9.86. The lowest BCUT2D eigenvalue weighted by Gasteiger charge is -2.32. The normalized spacial score (nSPS) is 13.1. The molecule has 0 aromatic heterocycles. The van der Waals surface area contributed by atoms with Crippen LogP contribution in [0, 0.1) is 0 Å². The van der Waals surface area contributed by atoms with Crippen LogP contribution in [0.2, 0.25) is 0 Å². The second kappa shape index (κ2) is 6.81. The Labute approximate surface area is 116 Å². The van der Waals surface area contributed by atoms with E-state index in [0.29, 0.717) is 5.56 Å². The molecule has 6 heteroatoms. The van der Waals surface area contributed by atoms with E-state index in [1.54, 1.807) is 30.3 Å². The van der Waals surface area contributed by atoms with Crippen molar-refractivity contribution in [3.8, 4) is 0 Å². The van der Waals surface area contributed by atoms with E-state index in [1.807, 2.05) is 0 Å². The topological polar surface area (TPSA) is 72.8 Å². The minimum Gasteiger partial charge on any atom is -0.343 e. The molecule has 0 aliphatic rings. The van der Waals surface area contributed by atoms with Crippen molar-refractivity contribution in [2.45, 2.75) is 18.3 Å². The molecule has 104 valence electrons. The van der Waals surface area contributed by atoms with Gasteiger partial charge in [-0.3, -0.25) is 9.59 Å². The summed E-state index contributed by atoms with van der Waals surface area (Å²) in [5.74, 6) is -3.53. The van der Waals surface area contributed by atoms with E-state index in [1.165, 1.54) is 14.2 Å². The number of ketones is 1. The predicted octanol–water partition coefficient (Wildman–Crippen LogP) is 1.12. The van der Waals surface area contributed by atoms with Crippen LogP contribution in [-0.2, 0) is 19.1 Å². The Morgan fingerprint density at radius 1 is 1.26 bits per heavy atom. The molecule has 19 heavy (non-hydrogen) atoms. The van der Waals surface area contributed by atoms with Crippen molar-refractivity contribution in [3.63, 3.8) is 0 Å². The van der Waals surface area contributed by atoms with Gasteiger partial charge >= 0.3 is 0 Å².